The van der Waals surface area contributed by atoms with Crippen molar-refractivity contribution < 1.29 is 41.0 Å². The first kappa shape index (κ1) is 21.4. The summed E-state index contributed by atoms with van der Waals surface area (Å²) in [6.45, 7) is 3.65. The fraction of sp³-hybridized carbons (Fsp3) is 0.692. The summed E-state index contributed by atoms with van der Waals surface area (Å²) in [5.41, 5.74) is 4.70. The van der Waals surface area contributed by atoms with E-state index in [9.17, 15) is 26.4 Å². The number of aliphatic carboxylic acids is 1. The minimum absolute atomic E-state index is 0.0953. The molecule has 12 heteroatoms. The van der Waals surface area contributed by atoms with Gasteiger partial charge in [-0.05, 0) is 19.3 Å². The van der Waals surface area contributed by atoms with Gasteiger partial charge in [0.2, 0.25) is 10.0 Å². The Balaban J connectivity index is 0.000000381. The maximum Gasteiger partial charge on any atom is 0.490 e. The van der Waals surface area contributed by atoms with Crippen LogP contribution in [0.25, 0.3) is 0 Å². The third kappa shape index (κ3) is 4.70. The number of rotatable bonds is 6. The highest BCUT2D eigenvalue weighted by Gasteiger charge is 2.60. The number of carbonyl (C=O) groups excluding carboxylic acids is 1. The van der Waals surface area contributed by atoms with Crippen molar-refractivity contribution in [2.75, 3.05) is 13.7 Å². The lowest BCUT2D eigenvalue weighted by Gasteiger charge is -2.18. The van der Waals surface area contributed by atoms with Gasteiger partial charge in [0.1, 0.15) is 10.3 Å². The van der Waals surface area contributed by atoms with Crippen LogP contribution in [-0.4, -0.2) is 55.6 Å². The van der Waals surface area contributed by atoms with Crippen molar-refractivity contribution >= 4 is 21.9 Å². The molecular weight excluding hydrogens is 369 g/mol. The normalized spacial score (nSPS) is 26.7. The molecule has 0 radical (unpaired) electrons. The molecule has 0 aromatic rings. The van der Waals surface area contributed by atoms with Gasteiger partial charge in [-0.3, -0.25) is 9.52 Å². The summed E-state index contributed by atoms with van der Waals surface area (Å²) >= 11 is 0. The average Bonchev–Trinajstić information content (AvgIpc) is 3.35. The SMILES string of the molecule is C=C[C@@H]1C[C@]1(N)C(=O)NS(=O)(=O)C1(COC)CC1.O=C(O)C(F)(F)F. The summed E-state index contributed by atoms with van der Waals surface area (Å²) in [6.07, 6.45) is -2.05. The first-order valence-corrected chi connectivity index (χ1v) is 8.51. The van der Waals surface area contributed by atoms with Crippen molar-refractivity contribution in [3.05, 3.63) is 12.7 Å². The number of amides is 1. The van der Waals surface area contributed by atoms with E-state index in [0.29, 0.717) is 19.3 Å². The lowest BCUT2D eigenvalue weighted by Crippen LogP contribution is -2.50. The zero-order valence-electron chi connectivity index (χ0n) is 13.3. The van der Waals surface area contributed by atoms with Crippen LogP contribution in [0.1, 0.15) is 19.3 Å². The molecule has 1 amide bonds. The van der Waals surface area contributed by atoms with Crippen LogP contribution < -0.4 is 10.5 Å². The molecule has 0 aromatic heterocycles. The monoisotopic (exact) mass is 388 g/mol. The number of carboxylic acids is 1. The number of halogens is 3. The third-order valence-electron chi connectivity index (χ3n) is 4.02. The van der Waals surface area contributed by atoms with Crippen LogP contribution in [0.15, 0.2) is 12.7 Å². The Morgan fingerprint density at radius 2 is 1.92 bits per heavy atom. The Bertz CT molecular complexity index is 659. The molecule has 2 atom stereocenters. The van der Waals surface area contributed by atoms with E-state index >= 15 is 0 Å². The fourth-order valence-electron chi connectivity index (χ4n) is 2.08. The van der Waals surface area contributed by atoms with E-state index in [4.69, 9.17) is 20.4 Å². The van der Waals surface area contributed by atoms with E-state index in [1.807, 2.05) is 0 Å². The molecule has 144 valence electrons. The van der Waals surface area contributed by atoms with Gasteiger partial charge in [0, 0.05) is 13.0 Å². The Morgan fingerprint density at radius 1 is 1.44 bits per heavy atom. The van der Waals surface area contributed by atoms with Crippen LogP contribution in [-0.2, 0) is 24.3 Å². The molecule has 2 saturated carbocycles. The smallest absolute Gasteiger partial charge is 0.475 e. The van der Waals surface area contributed by atoms with Crippen LogP contribution in [0, 0.1) is 5.92 Å². The van der Waals surface area contributed by atoms with E-state index in [1.165, 1.54) is 7.11 Å². The highest BCUT2D eigenvalue weighted by molar-refractivity contribution is 7.91. The lowest BCUT2D eigenvalue weighted by atomic mass is 10.2. The number of sulfonamides is 1. The molecule has 25 heavy (non-hydrogen) atoms. The molecule has 0 heterocycles. The van der Waals surface area contributed by atoms with Crippen molar-refractivity contribution in [3.8, 4) is 0 Å². The zero-order valence-corrected chi connectivity index (χ0v) is 14.1. The molecule has 2 rings (SSSR count). The molecule has 0 spiro atoms. The summed E-state index contributed by atoms with van der Waals surface area (Å²) in [4.78, 5) is 20.8. The molecule has 0 bridgehead atoms. The van der Waals surface area contributed by atoms with Crippen LogP contribution in [0.3, 0.4) is 0 Å². The van der Waals surface area contributed by atoms with Crippen LogP contribution in [0.2, 0.25) is 0 Å². The van der Waals surface area contributed by atoms with Crippen LogP contribution in [0.5, 0.6) is 0 Å². The predicted molar refractivity (Wildman–Crippen MR) is 79.8 cm³/mol. The van der Waals surface area contributed by atoms with Gasteiger partial charge in [0.05, 0.1) is 6.61 Å². The quantitative estimate of drug-likeness (QED) is 0.551. The maximum atomic E-state index is 12.1. The minimum atomic E-state index is -5.08. The van der Waals surface area contributed by atoms with Crippen LogP contribution >= 0.6 is 0 Å². The first-order chi connectivity index (χ1) is 11.3. The fourth-order valence-corrected chi connectivity index (χ4v) is 3.64. The van der Waals surface area contributed by atoms with E-state index in [-0.39, 0.29) is 12.5 Å². The summed E-state index contributed by atoms with van der Waals surface area (Å²) < 4.78 is 62.0. The molecular formula is C13H19F3N2O6S. The summed E-state index contributed by atoms with van der Waals surface area (Å²) in [5.74, 6) is -3.55. The second-order valence-corrected chi connectivity index (χ2v) is 8.02. The summed E-state index contributed by atoms with van der Waals surface area (Å²) in [7, 11) is -2.28. The molecule has 0 aromatic carbocycles. The largest absolute Gasteiger partial charge is 0.490 e. The highest BCUT2D eigenvalue weighted by Crippen LogP contribution is 2.45. The average molecular weight is 388 g/mol. The van der Waals surface area contributed by atoms with Crippen molar-refractivity contribution in [2.45, 2.75) is 35.7 Å². The van der Waals surface area contributed by atoms with Crippen molar-refractivity contribution in [1.82, 2.24) is 4.72 Å². The van der Waals surface area contributed by atoms with E-state index in [1.54, 1.807) is 6.08 Å². The number of carboxylic acid groups (broad SMARTS) is 1. The topological polar surface area (TPSA) is 136 Å². The second-order valence-electron chi connectivity index (χ2n) is 5.94. The zero-order chi connectivity index (χ0) is 19.7. The third-order valence-corrected chi connectivity index (χ3v) is 6.14. The molecule has 8 nitrogen and oxygen atoms in total. The van der Waals surface area contributed by atoms with Gasteiger partial charge < -0.3 is 15.6 Å². The molecule has 2 aliphatic rings. The predicted octanol–water partition coefficient (Wildman–Crippen LogP) is 0.148. The lowest BCUT2D eigenvalue weighted by molar-refractivity contribution is -0.192. The van der Waals surface area contributed by atoms with E-state index < -0.39 is 38.4 Å². The van der Waals surface area contributed by atoms with E-state index in [2.05, 4.69) is 11.3 Å². The number of hydrogen-bond donors (Lipinski definition) is 3. The number of hydrogen-bond acceptors (Lipinski definition) is 6. The standard InChI is InChI=1S/C11H18N2O4S.C2HF3O2/c1-3-8-6-11(8,12)9(14)13-18(15,16)10(4-5-10)7-17-2;3-2(4,5)1(6)7/h3,8H,1,4-7,12H2,2H3,(H,13,14);(H,6,7)/t8-,11-;/m1./s1. The first-order valence-electron chi connectivity index (χ1n) is 7.03. The minimum Gasteiger partial charge on any atom is -0.475 e. The Morgan fingerprint density at radius 3 is 2.20 bits per heavy atom. The molecule has 0 aliphatic heterocycles. The molecule has 2 aliphatic carbocycles. The van der Waals surface area contributed by atoms with Gasteiger partial charge in [0.15, 0.2) is 0 Å². The van der Waals surface area contributed by atoms with Crippen molar-refractivity contribution in [2.24, 2.45) is 11.7 Å². The number of methoxy groups -OCH3 is 1. The Hall–Kier alpha value is -1.66. The van der Waals surface area contributed by atoms with Crippen molar-refractivity contribution in [3.63, 3.8) is 0 Å². The van der Waals surface area contributed by atoms with Gasteiger partial charge in [0.25, 0.3) is 5.91 Å². The number of ether oxygens (including phenoxy) is 1. The second kappa shape index (κ2) is 6.92. The molecule has 2 fully saturated rings. The van der Waals surface area contributed by atoms with Gasteiger partial charge >= 0.3 is 12.1 Å². The highest BCUT2D eigenvalue weighted by atomic mass is 32.2. The molecule has 0 saturated heterocycles. The number of alkyl halides is 3. The summed E-state index contributed by atoms with van der Waals surface area (Å²) in [5, 5.41) is 7.12. The molecule has 0 unspecified atom stereocenters. The Kier molecular flexibility index (Phi) is 5.92. The van der Waals surface area contributed by atoms with E-state index in [0.717, 1.165) is 0 Å². The summed E-state index contributed by atoms with van der Waals surface area (Å²) in [6, 6.07) is 0. The van der Waals surface area contributed by atoms with Crippen molar-refractivity contribution in [1.29, 1.82) is 0 Å². The van der Waals surface area contributed by atoms with Gasteiger partial charge in [-0.25, -0.2) is 13.2 Å². The number of carbonyl (C=O) groups is 2. The Labute approximate surface area is 142 Å². The number of nitrogens with two attached hydrogens (primary N) is 1. The van der Waals surface area contributed by atoms with Gasteiger partial charge in [-0.2, -0.15) is 13.2 Å². The van der Waals surface area contributed by atoms with Crippen LogP contribution in [0.4, 0.5) is 13.2 Å². The number of nitrogens with one attached hydrogen (secondary N) is 1. The van der Waals surface area contributed by atoms with Gasteiger partial charge in [-0.1, -0.05) is 6.08 Å². The molecule has 4 N–H and O–H groups in total. The van der Waals surface area contributed by atoms with Gasteiger partial charge in [-0.15, -0.1) is 6.58 Å². The maximum absolute atomic E-state index is 12.1.